The standard InChI is InChI=1S/C18H20O2/c1-18(2,20-14-17-6-4-3-5-7-17)12-15-8-10-16(13-19)11-9-15/h3-11,13H,12,14H2,1-2H3. The molecule has 0 aliphatic heterocycles. The smallest absolute Gasteiger partial charge is 0.150 e. The third-order valence-electron chi connectivity index (χ3n) is 3.22. The molecule has 2 aromatic rings. The lowest BCUT2D eigenvalue weighted by Crippen LogP contribution is -2.27. The van der Waals surface area contributed by atoms with Gasteiger partial charge in [0, 0.05) is 12.0 Å². The third kappa shape index (κ3) is 4.32. The fourth-order valence-corrected chi connectivity index (χ4v) is 2.11. The van der Waals surface area contributed by atoms with Gasteiger partial charge in [0.2, 0.25) is 0 Å². The number of carbonyl (C=O) groups excluding carboxylic acids is 1. The van der Waals surface area contributed by atoms with E-state index in [0.29, 0.717) is 12.2 Å². The lowest BCUT2D eigenvalue weighted by molar-refractivity contribution is -0.0287. The SMILES string of the molecule is CC(C)(Cc1ccc(C=O)cc1)OCc1ccccc1. The van der Waals surface area contributed by atoms with Crippen LogP contribution >= 0.6 is 0 Å². The summed E-state index contributed by atoms with van der Waals surface area (Å²) >= 11 is 0. The van der Waals surface area contributed by atoms with Crippen LogP contribution in [0.5, 0.6) is 0 Å². The van der Waals surface area contributed by atoms with Crippen LogP contribution in [0.25, 0.3) is 0 Å². The molecule has 0 bridgehead atoms. The highest BCUT2D eigenvalue weighted by Gasteiger charge is 2.19. The molecule has 2 aromatic carbocycles. The summed E-state index contributed by atoms with van der Waals surface area (Å²) in [6.45, 7) is 4.79. The molecular weight excluding hydrogens is 248 g/mol. The first-order valence-electron chi connectivity index (χ1n) is 6.81. The summed E-state index contributed by atoms with van der Waals surface area (Å²) in [4.78, 5) is 10.6. The topological polar surface area (TPSA) is 26.3 Å². The molecule has 104 valence electrons. The number of hydrogen-bond acceptors (Lipinski definition) is 2. The van der Waals surface area contributed by atoms with Crippen molar-refractivity contribution in [2.75, 3.05) is 0 Å². The summed E-state index contributed by atoms with van der Waals surface area (Å²) in [6.07, 6.45) is 1.68. The monoisotopic (exact) mass is 268 g/mol. The molecule has 0 atom stereocenters. The summed E-state index contributed by atoms with van der Waals surface area (Å²) < 4.78 is 6.01. The average Bonchev–Trinajstić information content (AvgIpc) is 2.47. The highest BCUT2D eigenvalue weighted by Crippen LogP contribution is 2.19. The predicted molar refractivity (Wildman–Crippen MR) is 80.8 cm³/mol. The van der Waals surface area contributed by atoms with Crippen molar-refractivity contribution in [2.24, 2.45) is 0 Å². The molecule has 0 unspecified atom stereocenters. The van der Waals surface area contributed by atoms with E-state index in [4.69, 9.17) is 4.74 Å². The second-order valence-corrected chi connectivity index (χ2v) is 5.57. The summed E-state index contributed by atoms with van der Waals surface area (Å²) in [5, 5.41) is 0. The number of ether oxygens (including phenoxy) is 1. The Labute approximate surface area is 120 Å². The van der Waals surface area contributed by atoms with Gasteiger partial charge in [-0.3, -0.25) is 4.79 Å². The Kier molecular flexibility index (Phi) is 4.70. The molecule has 0 amide bonds. The summed E-state index contributed by atoms with van der Waals surface area (Å²) in [7, 11) is 0. The van der Waals surface area contributed by atoms with Gasteiger partial charge in [-0.2, -0.15) is 0 Å². The van der Waals surface area contributed by atoms with Gasteiger partial charge in [-0.05, 0) is 25.0 Å². The number of aldehydes is 1. The predicted octanol–water partition coefficient (Wildman–Crippen LogP) is 4.04. The van der Waals surface area contributed by atoms with Crippen molar-refractivity contribution in [2.45, 2.75) is 32.5 Å². The maximum Gasteiger partial charge on any atom is 0.150 e. The molecule has 0 saturated heterocycles. The van der Waals surface area contributed by atoms with Crippen LogP contribution in [-0.2, 0) is 17.8 Å². The highest BCUT2D eigenvalue weighted by atomic mass is 16.5. The molecule has 2 nitrogen and oxygen atoms in total. The molecule has 0 heterocycles. The van der Waals surface area contributed by atoms with Gasteiger partial charge >= 0.3 is 0 Å². The van der Waals surface area contributed by atoms with E-state index in [1.807, 2.05) is 42.5 Å². The first-order chi connectivity index (χ1) is 9.59. The van der Waals surface area contributed by atoms with Crippen LogP contribution in [0.4, 0.5) is 0 Å². The van der Waals surface area contributed by atoms with Crippen molar-refractivity contribution in [3.8, 4) is 0 Å². The zero-order valence-electron chi connectivity index (χ0n) is 12.0. The van der Waals surface area contributed by atoms with Gasteiger partial charge in [0.1, 0.15) is 6.29 Å². The fraction of sp³-hybridized carbons (Fsp3) is 0.278. The quantitative estimate of drug-likeness (QED) is 0.739. The minimum atomic E-state index is -0.238. The largest absolute Gasteiger partial charge is 0.371 e. The highest BCUT2D eigenvalue weighted by molar-refractivity contribution is 5.74. The molecule has 0 N–H and O–H groups in total. The average molecular weight is 268 g/mol. The van der Waals surface area contributed by atoms with Crippen molar-refractivity contribution in [1.29, 1.82) is 0 Å². The number of benzene rings is 2. The van der Waals surface area contributed by atoms with Gasteiger partial charge in [-0.15, -0.1) is 0 Å². The molecule has 2 heteroatoms. The molecule has 0 saturated carbocycles. The van der Waals surface area contributed by atoms with Gasteiger partial charge in [0.25, 0.3) is 0 Å². The Morgan fingerprint density at radius 3 is 2.20 bits per heavy atom. The minimum Gasteiger partial charge on any atom is -0.371 e. The van der Waals surface area contributed by atoms with E-state index in [2.05, 4.69) is 26.0 Å². The van der Waals surface area contributed by atoms with E-state index in [0.717, 1.165) is 12.7 Å². The van der Waals surface area contributed by atoms with Crippen molar-refractivity contribution < 1.29 is 9.53 Å². The van der Waals surface area contributed by atoms with Crippen molar-refractivity contribution in [3.63, 3.8) is 0 Å². The van der Waals surface area contributed by atoms with E-state index in [9.17, 15) is 4.79 Å². The van der Waals surface area contributed by atoms with Crippen LogP contribution in [0.15, 0.2) is 54.6 Å². The van der Waals surface area contributed by atoms with Gasteiger partial charge < -0.3 is 4.74 Å². The first-order valence-corrected chi connectivity index (χ1v) is 6.81. The molecule has 0 aromatic heterocycles. The van der Waals surface area contributed by atoms with E-state index in [-0.39, 0.29) is 5.60 Å². The third-order valence-corrected chi connectivity index (χ3v) is 3.22. The van der Waals surface area contributed by atoms with Crippen LogP contribution in [0, 0.1) is 0 Å². The molecular formula is C18H20O2. The van der Waals surface area contributed by atoms with E-state index < -0.39 is 0 Å². The van der Waals surface area contributed by atoms with Gasteiger partial charge in [-0.25, -0.2) is 0 Å². The maximum absolute atomic E-state index is 10.6. The fourth-order valence-electron chi connectivity index (χ4n) is 2.11. The normalized spacial score (nSPS) is 11.3. The van der Waals surface area contributed by atoms with Crippen LogP contribution < -0.4 is 0 Å². The van der Waals surface area contributed by atoms with E-state index in [1.165, 1.54) is 11.1 Å². The maximum atomic E-state index is 10.6. The number of carbonyl (C=O) groups is 1. The molecule has 0 radical (unpaired) electrons. The molecule has 20 heavy (non-hydrogen) atoms. The van der Waals surface area contributed by atoms with Crippen LogP contribution in [0.1, 0.15) is 35.3 Å². The molecule has 0 aliphatic rings. The van der Waals surface area contributed by atoms with E-state index >= 15 is 0 Å². The Balaban J connectivity index is 1.94. The zero-order valence-corrected chi connectivity index (χ0v) is 12.0. The van der Waals surface area contributed by atoms with Crippen molar-refractivity contribution in [3.05, 3.63) is 71.3 Å². The lowest BCUT2D eigenvalue weighted by Gasteiger charge is -2.25. The first kappa shape index (κ1) is 14.5. The summed E-state index contributed by atoms with van der Waals surface area (Å²) in [5.41, 5.74) is 2.82. The Bertz CT molecular complexity index is 541. The van der Waals surface area contributed by atoms with Crippen LogP contribution in [0.2, 0.25) is 0 Å². The lowest BCUT2D eigenvalue weighted by atomic mass is 9.97. The second kappa shape index (κ2) is 6.49. The zero-order chi connectivity index (χ0) is 14.4. The Morgan fingerprint density at radius 2 is 1.60 bits per heavy atom. The minimum absolute atomic E-state index is 0.238. The van der Waals surface area contributed by atoms with Crippen LogP contribution in [0.3, 0.4) is 0 Å². The van der Waals surface area contributed by atoms with Gasteiger partial charge in [0.15, 0.2) is 0 Å². The molecule has 0 spiro atoms. The van der Waals surface area contributed by atoms with E-state index in [1.54, 1.807) is 0 Å². The molecule has 2 rings (SSSR count). The summed E-state index contributed by atoms with van der Waals surface area (Å²) in [5.74, 6) is 0. The van der Waals surface area contributed by atoms with Crippen molar-refractivity contribution in [1.82, 2.24) is 0 Å². The molecule has 0 aliphatic carbocycles. The van der Waals surface area contributed by atoms with Crippen molar-refractivity contribution >= 4 is 6.29 Å². The second-order valence-electron chi connectivity index (χ2n) is 5.57. The van der Waals surface area contributed by atoms with Gasteiger partial charge in [-0.1, -0.05) is 54.6 Å². The number of hydrogen-bond donors (Lipinski definition) is 0. The van der Waals surface area contributed by atoms with Gasteiger partial charge in [0.05, 0.1) is 12.2 Å². The molecule has 0 fully saturated rings. The summed E-state index contributed by atoms with van der Waals surface area (Å²) in [6, 6.07) is 17.8. The Hall–Kier alpha value is -1.93. The Morgan fingerprint density at radius 1 is 0.950 bits per heavy atom. The van der Waals surface area contributed by atoms with Crippen LogP contribution in [-0.4, -0.2) is 11.9 Å². The number of rotatable bonds is 6.